The summed E-state index contributed by atoms with van der Waals surface area (Å²) in [5.74, 6) is -3.62. The Labute approximate surface area is 152 Å². The third kappa shape index (κ3) is 3.80. The number of hydrogen-bond donors (Lipinski definition) is 2. The molecule has 1 amide bonds. The summed E-state index contributed by atoms with van der Waals surface area (Å²) < 4.78 is 39.8. The number of rotatable bonds is 4. The van der Waals surface area contributed by atoms with Crippen LogP contribution in [0.15, 0.2) is 35.5 Å². The van der Waals surface area contributed by atoms with Gasteiger partial charge in [0.15, 0.2) is 0 Å². The van der Waals surface area contributed by atoms with Crippen LogP contribution in [0.4, 0.5) is 13.2 Å². The van der Waals surface area contributed by atoms with Crippen molar-refractivity contribution in [3.05, 3.63) is 52.8 Å². The van der Waals surface area contributed by atoms with Gasteiger partial charge in [0.2, 0.25) is 0 Å². The first kappa shape index (κ1) is 18.9. The summed E-state index contributed by atoms with van der Waals surface area (Å²) in [5.41, 5.74) is 2.28. The number of halogens is 3. The van der Waals surface area contributed by atoms with Crippen molar-refractivity contribution in [3.8, 4) is 0 Å². The number of amides is 1. The topological polar surface area (TPSA) is 88.7 Å². The van der Waals surface area contributed by atoms with E-state index >= 15 is 0 Å². The van der Waals surface area contributed by atoms with Crippen LogP contribution in [-0.2, 0) is 18.4 Å². The number of carbonyl (C=O) groups excluding carboxylic acids is 1. The molecule has 144 valence electrons. The highest BCUT2D eigenvalue weighted by Crippen LogP contribution is 2.38. The average molecular weight is 382 g/mol. The van der Waals surface area contributed by atoms with E-state index in [4.69, 9.17) is 0 Å². The zero-order chi connectivity index (χ0) is 19.8. The molecule has 0 saturated heterocycles. The predicted octanol–water partition coefficient (Wildman–Crippen LogP) is 2.03. The molecule has 1 aromatic heterocycles. The van der Waals surface area contributed by atoms with Gasteiger partial charge in [-0.15, -0.1) is 0 Å². The Morgan fingerprint density at radius 2 is 2.04 bits per heavy atom. The summed E-state index contributed by atoms with van der Waals surface area (Å²) in [5, 5.41) is 19.6. The number of aromatic nitrogens is 2. The lowest BCUT2D eigenvalue weighted by Crippen LogP contribution is -2.45. The second-order valence-electron chi connectivity index (χ2n) is 6.26. The molecule has 10 heteroatoms. The van der Waals surface area contributed by atoms with Gasteiger partial charge in [-0.1, -0.05) is 29.4 Å². The molecular formula is C17H17F3N4O3. The smallest absolute Gasteiger partial charge is 0.350 e. The van der Waals surface area contributed by atoms with Crippen molar-refractivity contribution in [1.82, 2.24) is 15.1 Å². The molecule has 1 aliphatic rings. The Morgan fingerprint density at radius 3 is 2.56 bits per heavy atom. The highest BCUT2D eigenvalue weighted by atomic mass is 19.4. The summed E-state index contributed by atoms with van der Waals surface area (Å²) in [4.78, 5) is 16.3. The van der Waals surface area contributed by atoms with E-state index in [0.717, 1.165) is 11.3 Å². The van der Waals surface area contributed by atoms with Gasteiger partial charge in [0.1, 0.15) is 5.69 Å². The molecule has 0 saturated carbocycles. The molecule has 1 unspecified atom stereocenters. The number of alkyl halides is 3. The van der Waals surface area contributed by atoms with E-state index in [1.165, 1.54) is 0 Å². The zero-order valence-corrected chi connectivity index (χ0v) is 14.5. The number of aryl methyl sites for hydroxylation is 2. The molecule has 0 spiro atoms. The number of oxime groups is 1. The number of benzene rings is 1. The van der Waals surface area contributed by atoms with Crippen LogP contribution in [0.5, 0.6) is 0 Å². The van der Waals surface area contributed by atoms with Crippen LogP contribution in [-0.4, -0.2) is 38.5 Å². The van der Waals surface area contributed by atoms with Crippen molar-refractivity contribution in [2.75, 3.05) is 0 Å². The minimum atomic E-state index is -4.94. The fraction of sp³-hybridized carbons (Fsp3) is 0.353. The van der Waals surface area contributed by atoms with E-state index in [1.807, 2.05) is 6.92 Å². The van der Waals surface area contributed by atoms with Gasteiger partial charge in [0, 0.05) is 19.3 Å². The zero-order valence-electron chi connectivity index (χ0n) is 14.5. The van der Waals surface area contributed by atoms with Crippen LogP contribution < -0.4 is 5.32 Å². The fourth-order valence-electron chi connectivity index (χ4n) is 2.49. The maximum absolute atomic E-state index is 12.7. The number of nitrogens with zero attached hydrogens (tertiary/aromatic N) is 3. The SMILES string of the molecule is Cc1cc(C(=O)NCc2ccc(C3=NOC(O)(C(F)(F)F)C3)cc2)nn1C. The minimum Gasteiger partial charge on any atom is -0.350 e. The van der Waals surface area contributed by atoms with E-state index in [1.54, 1.807) is 42.1 Å². The van der Waals surface area contributed by atoms with Crippen LogP contribution in [0.2, 0.25) is 0 Å². The molecule has 1 atom stereocenters. The lowest BCUT2D eigenvalue weighted by atomic mass is 10.0. The highest BCUT2D eigenvalue weighted by Gasteiger charge is 2.60. The van der Waals surface area contributed by atoms with Gasteiger partial charge in [0.25, 0.3) is 5.91 Å². The molecule has 0 bridgehead atoms. The largest absolute Gasteiger partial charge is 0.458 e. The highest BCUT2D eigenvalue weighted by molar-refractivity contribution is 6.01. The maximum Gasteiger partial charge on any atom is 0.458 e. The monoisotopic (exact) mass is 382 g/mol. The van der Waals surface area contributed by atoms with Gasteiger partial charge >= 0.3 is 12.0 Å². The van der Waals surface area contributed by atoms with E-state index < -0.39 is 18.4 Å². The van der Waals surface area contributed by atoms with Crippen molar-refractivity contribution >= 4 is 11.6 Å². The first-order valence-electron chi connectivity index (χ1n) is 8.01. The molecule has 2 N–H and O–H groups in total. The van der Waals surface area contributed by atoms with Gasteiger partial charge in [-0.25, -0.2) is 0 Å². The van der Waals surface area contributed by atoms with Crippen LogP contribution in [0, 0.1) is 6.92 Å². The van der Waals surface area contributed by atoms with Crippen molar-refractivity contribution in [2.45, 2.75) is 31.9 Å². The molecule has 1 aliphatic heterocycles. The minimum absolute atomic E-state index is 0.00521. The molecule has 7 nitrogen and oxygen atoms in total. The van der Waals surface area contributed by atoms with Crippen LogP contribution in [0.1, 0.15) is 33.7 Å². The molecule has 27 heavy (non-hydrogen) atoms. The first-order chi connectivity index (χ1) is 12.6. The summed E-state index contributed by atoms with van der Waals surface area (Å²) in [6.07, 6.45) is -5.72. The normalized spacial score (nSPS) is 19.6. The van der Waals surface area contributed by atoms with Crippen LogP contribution in [0.25, 0.3) is 0 Å². The average Bonchev–Trinajstić information content (AvgIpc) is 3.17. The maximum atomic E-state index is 12.7. The van der Waals surface area contributed by atoms with Crippen molar-refractivity contribution < 1.29 is 27.9 Å². The van der Waals surface area contributed by atoms with Gasteiger partial charge < -0.3 is 15.3 Å². The molecule has 0 radical (unpaired) electrons. The quantitative estimate of drug-likeness (QED) is 0.847. The van der Waals surface area contributed by atoms with E-state index in [0.29, 0.717) is 11.3 Å². The summed E-state index contributed by atoms with van der Waals surface area (Å²) in [7, 11) is 1.74. The third-order valence-corrected chi connectivity index (χ3v) is 4.24. The molecule has 2 heterocycles. The van der Waals surface area contributed by atoms with Crippen molar-refractivity contribution in [3.63, 3.8) is 0 Å². The molecule has 0 fully saturated rings. The Hall–Kier alpha value is -2.88. The number of carbonyl (C=O) groups is 1. The first-order valence-corrected chi connectivity index (χ1v) is 8.01. The molecule has 0 aliphatic carbocycles. The lowest BCUT2D eigenvalue weighted by Gasteiger charge is -2.22. The Balaban J connectivity index is 1.60. The number of aliphatic hydroxyl groups is 1. The van der Waals surface area contributed by atoms with Gasteiger partial charge in [-0.3, -0.25) is 9.48 Å². The molecule has 1 aromatic carbocycles. The second-order valence-corrected chi connectivity index (χ2v) is 6.26. The van der Waals surface area contributed by atoms with Crippen molar-refractivity contribution in [2.24, 2.45) is 12.2 Å². The van der Waals surface area contributed by atoms with Gasteiger partial charge in [-0.2, -0.15) is 18.3 Å². The third-order valence-electron chi connectivity index (χ3n) is 4.24. The summed E-state index contributed by atoms with van der Waals surface area (Å²) >= 11 is 0. The number of hydrogen-bond acceptors (Lipinski definition) is 5. The van der Waals surface area contributed by atoms with Crippen LogP contribution in [0.3, 0.4) is 0 Å². The molecule has 2 aromatic rings. The fourth-order valence-corrected chi connectivity index (χ4v) is 2.49. The van der Waals surface area contributed by atoms with Gasteiger partial charge in [-0.05, 0) is 24.1 Å². The predicted molar refractivity (Wildman–Crippen MR) is 88.8 cm³/mol. The van der Waals surface area contributed by atoms with E-state index in [2.05, 4.69) is 20.4 Å². The Kier molecular flexibility index (Phi) is 4.68. The van der Waals surface area contributed by atoms with E-state index in [9.17, 15) is 23.1 Å². The molecular weight excluding hydrogens is 365 g/mol. The lowest BCUT2D eigenvalue weighted by molar-refractivity contribution is -0.355. The molecule has 3 rings (SSSR count). The van der Waals surface area contributed by atoms with Crippen molar-refractivity contribution in [1.29, 1.82) is 0 Å². The number of nitrogens with one attached hydrogen (secondary N) is 1. The second kappa shape index (κ2) is 6.69. The van der Waals surface area contributed by atoms with Gasteiger partial charge in [0.05, 0.1) is 12.1 Å². The van der Waals surface area contributed by atoms with E-state index in [-0.39, 0.29) is 18.2 Å². The Morgan fingerprint density at radius 1 is 1.37 bits per heavy atom. The standard InChI is InChI=1S/C17H17F3N4O3/c1-10-7-13(22-24(10)2)15(25)21-9-11-3-5-12(6-4-11)14-8-16(26,27-23-14)17(18,19)20/h3-7,26H,8-9H2,1-2H3,(H,21,25). The summed E-state index contributed by atoms with van der Waals surface area (Å²) in [6.45, 7) is 2.06. The van der Waals surface area contributed by atoms with Crippen LogP contribution >= 0.6 is 0 Å². The summed E-state index contributed by atoms with van der Waals surface area (Å²) in [6, 6.07) is 8.06. The Bertz CT molecular complexity index is 870.